The average Bonchev–Trinajstić information content (AvgIpc) is 3.71. The van der Waals surface area contributed by atoms with E-state index in [-0.39, 0.29) is 0 Å². The topological polar surface area (TPSA) is 48.5 Å². The molecule has 5 heterocycles. The van der Waals surface area contributed by atoms with E-state index in [1.54, 1.807) is 0 Å². The van der Waals surface area contributed by atoms with Crippen molar-refractivity contribution in [2.75, 3.05) is 0 Å². The predicted molar refractivity (Wildman–Crippen MR) is 205 cm³/mol. The third-order valence-electron chi connectivity index (χ3n) is 9.67. The molecule has 0 fully saturated rings. The van der Waals surface area contributed by atoms with Crippen LogP contribution in [0.4, 0.5) is 0 Å². The second-order valence-electron chi connectivity index (χ2n) is 12.6. The highest BCUT2D eigenvalue weighted by atomic mass is 15.0. The Morgan fingerprint density at radius 1 is 0.340 bits per heavy atom. The van der Waals surface area contributed by atoms with Gasteiger partial charge < -0.3 is 9.13 Å². The molecule has 0 spiro atoms. The summed E-state index contributed by atoms with van der Waals surface area (Å²) in [5.74, 6) is 0. The standard InChI is InChI=1S/C45H29N5/c1-3-11-30(12-4-1)40-25-33(26-41(48-40)31-13-5-2-6-14-31)32-23-34(49-42-17-9-7-15-36(42)38-19-21-46-28-44(38)49)27-35(24-32)50-43-18-10-8-16-37(43)39-20-22-47-29-45(39)50/h1-29H. The van der Waals surface area contributed by atoms with Gasteiger partial charge in [0, 0.05) is 56.4 Å². The number of fused-ring (bicyclic) bond motifs is 6. The van der Waals surface area contributed by atoms with Crippen LogP contribution in [0, 0.1) is 0 Å². The van der Waals surface area contributed by atoms with E-state index in [1.807, 2.05) is 36.9 Å². The fraction of sp³-hybridized carbons (Fsp3) is 0. The minimum atomic E-state index is 0.927. The third-order valence-corrected chi connectivity index (χ3v) is 9.67. The molecule has 0 aliphatic rings. The predicted octanol–water partition coefficient (Wildman–Crippen LogP) is 11.1. The molecular formula is C45H29N5. The van der Waals surface area contributed by atoms with Crippen molar-refractivity contribution in [2.24, 2.45) is 0 Å². The largest absolute Gasteiger partial charge is 0.308 e. The summed E-state index contributed by atoms with van der Waals surface area (Å²) in [5.41, 5.74) is 12.6. The number of para-hydroxylation sites is 2. The van der Waals surface area contributed by atoms with Gasteiger partial charge in [0.15, 0.2) is 0 Å². The van der Waals surface area contributed by atoms with Gasteiger partial charge in [0.1, 0.15) is 0 Å². The summed E-state index contributed by atoms with van der Waals surface area (Å²) in [6.07, 6.45) is 7.69. The van der Waals surface area contributed by atoms with Crippen LogP contribution < -0.4 is 0 Å². The van der Waals surface area contributed by atoms with E-state index in [0.29, 0.717) is 0 Å². The highest BCUT2D eigenvalue weighted by molar-refractivity contribution is 6.10. The van der Waals surface area contributed by atoms with Crippen molar-refractivity contribution in [3.05, 3.63) is 176 Å². The van der Waals surface area contributed by atoms with E-state index >= 15 is 0 Å². The fourth-order valence-electron chi connectivity index (χ4n) is 7.42. The van der Waals surface area contributed by atoms with Crippen LogP contribution in [-0.2, 0) is 0 Å². The van der Waals surface area contributed by atoms with Crippen molar-refractivity contribution in [3.8, 4) is 45.0 Å². The zero-order valence-corrected chi connectivity index (χ0v) is 27.0. The first-order chi connectivity index (χ1) is 24.8. The molecule has 10 rings (SSSR count). The summed E-state index contributed by atoms with van der Waals surface area (Å²) >= 11 is 0. The van der Waals surface area contributed by atoms with Crippen molar-refractivity contribution in [1.82, 2.24) is 24.1 Å². The van der Waals surface area contributed by atoms with Gasteiger partial charge in [-0.3, -0.25) is 9.97 Å². The van der Waals surface area contributed by atoms with Gasteiger partial charge in [-0.1, -0.05) is 97.1 Å². The Hall–Kier alpha value is -6.85. The molecule has 5 aromatic heterocycles. The lowest BCUT2D eigenvalue weighted by Crippen LogP contribution is -2.01. The highest BCUT2D eigenvalue weighted by Gasteiger charge is 2.18. The molecule has 0 saturated heterocycles. The van der Waals surface area contributed by atoms with Crippen LogP contribution in [-0.4, -0.2) is 24.1 Å². The van der Waals surface area contributed by atoms with E-state index in [1.165, 1.54) is 21.5 Å². The summed E-state index contributed by atoms with van der Waals surface area (Å²) in [5, 5.41) is 4.73. The van der Waals surface area contributed by atoms with Gasteiger partial charge in [0.05, 0.1) is 45.8 Å². The van der Waals surface area contributed by atoms with Crippen LogP contribution in [0.15, 0.2) is 176 Å². The maximum absolute atomic E-state index is 5.18. The van der Waals surface area contributed by atoms with Gasteiger partial charge in [-0.05, 0) is 65.7 Å². The number of hydrogen-bond donors (Lipinski definition) is 0. The van der Waals surface area contributed by atoms with E-state index in [9.17, 15) is 0 Å². The molecule has 0 N–H and O–H groups in total. The van der Waals surface area contributed by atoms with E-state index in [4.69, 9.17) is 4.98 Å². The summed E-state index contributed by atoms with van der Waals surface area (Å²) in [6.45, 7) is 0. The van der Waals surface area contributed by atoms with Crippen molar-refractivity contribution < 1.29 is 0 Å². The molecule has 0 saturated carbocycles. The zero-order valence-electron chi connectivity index (χ0n) is 27.0. The fourth-order valence-corrected chi connectivity index (χ4v) is 7.42. The minimum absolute atomic E-state index is 0.927. The van der Waals surface area contributed by atoms with Gasteiger partial charge in [-0.15, -0.1) is 0 Å². The number of aromatic nitrogens is 5. The van der Waals surface area contributed by atoms with Crippen molar-refractivity contribution in [3.63, 3.8) is 0 Å². The Kier molecular flexibility index (Phi) is 6.42. The zero-order chi connectivity index (χ0) is 33.0. The molecule has 0 atom stereocenters. The Morgan fingerprint density at radius 2 is 0.760 bits per heavy atom. The van der Waals surface area contributed by atoms with E-state index < -0.39 is 0 Å². The molecular weight excluding hydrogens is 611 g/mol. The summed E-state index contributed by atoms with van der Waals surface area (Å²) in [4.78, 5) is 14.3. The van der Waals surface area contributed by atoms with Gasteiger partial charge in [0.25, 0.3) is 0 Å². The van der Waals surface area contributed by atoms with Crippen LogP contribution in [0.1, 0.15) is 0 Å². The van der Waals surface area contributed by atoms with Crippen molar-refractivity contribution >= 4 is 43.6 Å². The smallest absolute Gasteiger partial charge is 0.0724 e. The van der Waals surface area contributed by atoms with Crippen LogP contribution in [0.3, 0.4) is 0 Å². The Bertz CT molecular complexity index is 2570. The second kappa shape index (κ2) is 11.4. The molecule has 0 bridgehead atoms. The van der Waals surface area contributed by atoms with Crippen molar-refractivity contribution in [1.29, 1.82) is 0 Å². The molecule has 0 aliphatic heterocycles. The van der Waals surface area contributed by atoms with Gasteiger partial charge in [-0.2, -0.15) is 0 Å². The molecule has 5 nitrogen and oxygen atoms in total. The van der Waals surface area contributed by atoms with E-state index in [0.717, 1.165) is 67.1 Å². The van der Waals surface area contributed by atoms with Crippen LogP contribution in [0.5, 0.6) is 0 Å². The Morgan fingerprint density at radius 3 is 1.26 bits per heavy atom. The third kappa shape index (κ3) is 4.52. The molecule has 234 valence electrons. The molecule has 10 aromatic rings. The summed E-state index contributed by atoms with van der Waals surface area (Å²) in [7, 11) is 0. The highest BCUT2D eigenvalue weighted by Crippen LogP contribution is 2.38. The van der Waals surface area contributed by atoms with Gasteiger partial charge >= 0.3 is 0 Å². The molecule has 0 aliphatic carbocycles. The Labute approximate surface area is 288 Å². The lowest BCUT2D eigenvalue weighted by atomic mass is 9.99. The van der Waals surface area contributed by atoms with Crippen LogP contribution in [0.2, 0.25) is 0 Å². The maximum atomic E-state index is 5.18. The van der Waals surface area contributed by atoms with Crippen LogP contribution in [0.25, 0.3) is 88.6 Å². The van der Waals surface area contributed by atoms with E-state index in [2.05, 4.69) is 159 Å². The number of rotatable bonds is 5. The minimum Gasteiger partial charge on any atom is -0.308 e. The maximum Gasteiger partial charge on any atom is 0.0724 e. The first-order valence-corrected chi connectivity index (χ1v) is 16.8. The first-order valence-electron chi connectivity index (χ1n) is 16.8. The normalized spacial score (nSPS) is 11.6. The quantitative estimate of drug-likeness (QED) is 0.188. The number of pyridine rings is 3. The van der Waals surface area contributed by atoms with Gasteiger partial charge in [0.2, 0.25) is 0 Å². The number of benzene rings is 5. The van der Waals surface area contributed by atoms with Gasteiger partial charge in [-0.25, -0.2) is 4.98 Å². The first kappa shape index (κ1) is 28.2. The molecule has 5 heteroatoms. The molecule has 0 radical (unpaired) electrons. The second-order valence-corrected chi connectivity index (χ2v) is 12.6. The SMILES string of the molecule is c1ccc(-c2cc(-c3cc(-n4c5ccccc5c5ccncc54)cc(-n4c5ccccc5c5ccncc54)c3)cc(-c3ccccc3)n2)cc1. The number of nitrogens with zero attached hydrogens (tertiary/aromatic N) is 5. The molecule has 0 unspecified atom stereocenters. The lowest BCUT2D eigenvalue weighted by Gasteiger charge is -2.17. The van der Waals surface area contributed by atoms with Crippen molar-refractivity contribution in [2.45, 2.75) is 0 Å². The Balaban J connectivity index is 1.31. The van der Waals surface area contributed by atoms with Crippen LogP contribution >= 0.6 is 0 Å². The summed E-state index contributed by atoms with van der Waals surface area (Å²) < 4.78 is 4.68. The molecule has 50 heavy (non-hydrogen) atoms. The summed E-state index contributed by atoms with van der Waals surface area (Å²) in [6, 6.07) is 53.6. The average molecular weight is 640 g/mol. The molecule has 5 aromatic carbocycles. The monoisotopic (exact) mass is 639 g/mol. The lowest BCUT2D eigenvalue weighted by molar-refractivity contribution is 1.12. The number of hydrogen-bond acceptors (Lipinski definition) is 3. The molecule has 0 amide bonds.